The molecular weight excluding hydrogens is 821 g/mol. The number of hydrogen-bond acceptors (Lipinski definition) is 1. The first-order valence-electron chi connectivity index (χ1n) is 23.3. The monoisotopic (exact) mass is 866 g/mol. The number of rotatable bonds is 10. The van der Waals surface area contributed by atoms with Gasteiger partial charge in [0.1, 0.15) is 0 Å². The molecule has 0 radical (unpaired) electrons. The van der Waals surface area contributed by atoms with Gasteiger partial charge in [0.15, 0.2) is 0 Å². The normalized spacial score (nSPS) is 11.2. The van der Waals surface area contributed by atoms with Gasteiger partial charge in [-0.25, -0.2) is 0 Å². The lowest BCUT2D eigenvalue weighted by Gasteiger charge is -2.30. The van der Waals surface area contributed by atoms with E-state index in [0.29, 0.717) is 0 Å². The van der Waals surface area contributed by atoms with Crippen LogP contribution in [0.25, 0.3) is 94.3 Å². The van der Waals surface area contributed by atoms with Gasteiger partial charge in [-0.05, 0) is 128 Å². The summed E-state index contributed by atoms with van der Waals surface area (Å²) in [7, 11) is 0. The van der Waals surface area contributed by atoms with Crippen LogP contribution in [0.15, 0.2) is 279 Å². The number of aromatic nitrogens is 1. The Labute approximate surface area is 397 Å². The minimum atomic E-state index is 1.06. The third-order valence-corrected chi connectivity index (χ3v) is 13.2. The number of para-hydroxylation sites is 3. The third kappa shape index (κ3) is 7.54. The molecule has 0 aliphatic carbocycles. The lowest BCUT2D eigenvalue weighted by Crippen LogP contribution is -2.12. The highest BCUT2D eigenvalue weighted by Gasteiger charge is 2.22. The van der Waals surface area contributed by atoms with Crippen molar-refractivity contribution in [2.24, 2.45) is 0 Å². The van der Waals surface area contributed by atoms with Gasteiger partial charge in [-0.15, -0.1) is 0 Å². The number of nitrogens with zero attached hydrogens (tertiary/aromatic N) is 2. The van der Waals surface area contributed by atoms with Crippen molar-refractivity contribution in [2.45, 2.75) is 0 Å². The molecule has 2 heteroatoms. The molecule has 0 saturated heterocycles. The maximum atomic E-state index is 2.47. The van der Waals surface area contributed by atoms with Crippen LogP contribution in [0.3, 0.4) is 0 Å². The van der Waals surface area contributed by atoms with Crippen LogP contribution in [0.4, 0.5) is 17.1 Å². The molecular formula is C66H46N2. The molecule has 11 aromatic carbocycles. The summed E-state index contributed by atoms with van der Waals surface area (Å²) in [4.78, 5) is 2.47. The maximum Gasteiger partial charge on any atom is 0.0541 e. The van der Waals surface area contributed by atoms with E-state index < -0.39 is 0 Å². The van der Waals surface area contributed by atoms with Crippen LogP contribution in [0, 0.1) is 0 Å². The van der Waals surface area contributed by atoms with E-state index in [0.717, 1.165) is 56.1 Å². The van der Waals surface area contributed by atoms with Gasteiger partial charge in [0.2, 0.25) is 0 Å². The number of anilines is 3. The highest BCUT2D eigenvalue weighted by Crippen LogP contribution is 2.47. The maximum absolute atomic E-state index is 2.47. The predicted molar refractivity (Wildman–Crippen MR) is 288 cm³/mol. The first-order chi connectivity index (χ1) is 33.7. The summed E-state index contributed by atoms with van der Waals surface area (Å²) in [6, 6.07) is 101. The van der Waals surface area contributed by atoms with Gasteiger partial charge in [0.05, 0.1) is 16.7 Å². The summed E-state index contributed by atoms with van der Waals surface area (Å²) in [5.41, 5.74) is 20.8. The molecule has 0 spiro atoms. The average Bonchev–Trinajstić information content (AvgIpc) is 3.76. The molecule has 320 valence electrons. The second kappa shape index (κ2) is 17.8. The van der Waals surface area contributed by atoms with Crippen LogP contribution < -0.4 is 4.90 Å². The fourth-order valence-electron chi connectivity index (χ4n) is 10.0. The Morgan fingerprint density at radius 1 is 0.235 bits per heavy atom. The molecule has 0 aliphatic rings. The minimum Gasteiger partial charge on any atom is -0.310 e. The molecule has 68 heavy (non-hydrogen) atoms. The Hall–Kier alpha value is -8.98. The van der Waals surface area contributed by atoms with Crippen LogP contribution >= 0.6 is 0 Å². The smallest absolute Gasteiger partial charge is 0.0541 e. The summed E-state index contributed by atoms with van der Waals surface area (Å²) in [6.45, 7) is 0. The molecule has 0 amide bonds. The van der Waals surface area contributed by atoms with Gasteiger partial charge in [-0.3, -0.25) is 0 Å². The Balaban J connectivity index is 1.08. The van der Waals surface area contributed by atoms with Crippen LogP contribution in [0.2, 0.25) is 0 Å². The van der Waals surface area contributed by atoms with Gasteiger partial charge in [0, 0.05) is 33.4 Å². The molecule has 2 nitrogen and oxygen atoms in total. The summed E-state index contributed by atoms with van der Waals surface area (Å²) in [5.74, 6) is 0. The molecule has 0 N–H and O–H groups in total. The zero-order valence-electron chi connectivity index (χ0n) is 37.5. The predicted octanol–water partition coefficient (Wildman–Crippen LogP) is 18.3. The van der Waals surface area contributed by atoms with Crippen molar-refractivity contribution in [1.29, 1.82) is 0 Å². The summed E-state index contributed by atoms with van der Waals surface area (Å²) >= 11 is 0. The van der Waals surface area contributed by atoms with Crippen molar-refractivity contribution in [3.63, 3.8) is 0 Å². The lowest BCUT2D eigenvalue weighted by atomic mass is 9.88. The van der Waals surface area contributed by atoms with Gasteiger partial charge in [-0.1, -0.05) is 212 Å². The molecule has 1 aromatic heterocycles. The Morgan fingerprint density at radius 3 is 1.35 bits per heavy atom. The molecule has 1 heterocycles. The van der Waals surface area contributed by atoms with Crippen LogP contribution in [0.1, 0.15) is 0 Å². The number of fused-ring (bicyclic) bond motifs is 3. The van der Waals surface area contributed by atoms with Crippen LogP contribution in [0.5, 0.6) is 0 Å². The fourth-order valence-corrected chi connectivity index (χ4v) is 10.0. The van der Waals surface area contributed by atoms with E-state index in [2.05, 4.69) is 289 Å². The van der Waals surface area contributed by atoms with Crippen molar-refractivity contribution in [3.8, 4) is 72.4 Å². The van der Waals surface area contributed by atoms with Crippen molar-refractivity contribution in [2.75, 3.05) is 4.90 Å². The quantitative estimate of drug-likeness (QED) is 0.133. The summed E-state index contributed by atoms with van der Waals surface area (Å²) < 4.78 is 2.38. The third-order valence-electron chi connectivity index (χ3n) is 13.2. The highest BCUT2D eigenvalue weighted by molar-refractivity contribution is 6.10. The van der Waals surface area contributed by atoms with E-state index in [1.165, 1.54) is 55.2 Å². The standard InChI is InChI=1S/C66H46N2/c1-5-22-47(23-6-1)52-42-53(48-24-7-2-8-25-48)45-56(44-52)67(64-38-19-17-36-61(64)60-35-16-15-34-59(60)58-33-14-13-32-57(58)49-26-9-3-10-27-49)55-31-21-28-50(43-55)51-40-41-66-63(46-51)62-37-18-20-39-65(62)68(66)54-29-11-4-12-30-54/h1-46H. The zero-order valence-corrected chi connectivity index (χ0v) is 37.5. The minimum absolute atomic E-state index is 1.06. The van der Waals surface area contributed by atoms with Gasteiger partial charge < -0.3 is 9.47 Å². The second-order valence-corrected chi connectivity index (χ2v) is 17.3. The molecule has 0 saturated carbocycles. The topological polar surface area (TPSA) is 8.17 Å². The van der Waals surface area contributed by atoms with Gasteiger partial charge in [0.25, 0.3) is 0 Å². The first-order valence-corrected chi connectivity index (χ1v) is 23.3. The largest absolute Gasteiger partial charge is 0.310 e. The van der Waals surface area contributed by atoms with Gasteiger partial charge in [-0.2, -0.15) is 0 Å². The second-order valence-electron chi connectivity index (χ2n) is 17.3. The zero-order chi connectivity index (χ0) is 45.2. The SMILES string of the molecule is c1ccc(-c2cc(-c3ccccc3)cc(N(c3cccc(-c4ccc5c(c4)c4ccccc4n5-c4ccccc4)c3)c3ccccc3-c3ccccc3-c3ccccc3-c3ccccc3)c2)cc1. The van der Waals surface area contributed by atoms with Crippen molar-refractivity contribution in [1.82, 2.24) is 4.57 Å². The highest BCUT2D eigenvalue weighted by atomic mass is 15.1. The van der Waals surface area contributed by atoms with Crippen molar-refractivity contribution < 1.29 is 0 Å². The van der Waals surface area contributed by atoms with E-state index in [1.54, 1.807) is 0 Å². The van der Waals surface area contributed by atoms with Crippen molar-refractivity contribution >= 4 is 38.9 Å². The van der Waals surface area contributed by atoms with Crippen molar-refractivity contribution in [3.05, 3.63) is 279 Å². The van der Waals surface area contributed by atoms with E-state index in [9.17, 15) is 0 Å². The fraction of sp³-hybridized carbons (Fsp3) is 0. The Morgan fingerprint density at radius 2 is 0.691 bits per heavy atom. The summed E-state index contributed by atoms with van der Waals surface area (Å²) in [6.07, 6.45) is 0. The molecule has 0 unspecified atom stereocenters. The van der Waals surface area contributed by atoms with Crippen LogP contribution in [-0.2, 0) is 0 Å². The molecule has 0 aliphatic heterocycles. The van der Waals surface area contributed by atoms with E-state index in [-0.39, 0.29) is 0 Å². The Bertz CT molecular complexity index is 3660. The molecule has 0 bridgehead atoms. The molecule has 0 fully saturated rings. The first kappa shape index (κ1) is 40.5. The van der Waals surface area contributed by atoms with E-state index >= 15 is 0 Å². The van der Waals surface area contributed by atoms with E-state index in [4.69, 9.17) is 0 Å². The van der Waals surface area contributed by atoms with Gasteiger partial charge >= 0.3 is 0 Å². The molecule has 0 atom stereocenters. The van der Waals surface area contributed by atoms with Crippen LogP contribution in [-0.4, -0.2) is 4.57 Å². The molecule has 12 aromatic rings. The number of hydrogen-bond donors (Lipinski definition) is 0. The molecule has 12 rings (SSSR count). The van der Waals surface area contributed by atoms with E-state index in [1.807, 2.05) is 0 Å². The summed E-state index contributed by atoms with van der Waals surface area (Å²) in [5, 5.41) is 2.46. The lowest BCUT2D eigenvalue weighted by molar-refractivity contribution is 1.18. The average molecular weight is 867 g/mol. The Kier molecular flexibility index (Phi) is 10.6. The number of benzene rings is 11.